The number of nitriles is 1. The maximum absolute atomic E-state index is 10.6. The Morgan fingerprint density at radius 1 is 1.40 bits per heavy atom. The van der Waals surface area contributed by atoms with Gasteiger partial charge in [-0.1, -0.05) is 0 Å². The fourth-order valence-electron chi connectivity index (χ4n) is 1.75. The van der Waals surface area contributed by atoms with Crippen LogP contribution in [0.5, 0.6) is 0 Å². The monoisotopic (exact) mass is 272 g/mol. The van der Waals surface area contributed by atoms with Gasteiger partial charge in [0.05, 0.1) is 10.6 Å². The van der Waals surface area contributed by atoms with Gasteiger partial charge in [-0.05, 0) is 12.1 Å². The van der Waals surface area contributed by atoms with Gasteiger partial charge in [0, 0.05) is 26.2 Å². The predicted octanol–water partition coefficient (Wildman–Crippen LogP) is 1.30. The van der Waals surface area contributed by atoms with Crippen molar-refractivity contribution in [1.82, 2.24) is 9.78 Å². The highest BCUT2D eigenvalue weighted by Gasteiger charge is 2.18. The lowest BCUT2D eigenvalue weighted by atomic mass is 10.3. The third-order valence-corrected chi connectivity index (χ3v) is 2.74. The van der Waals surface area contributed by atoms with Crippen molar-refractivity contribution in [1.29, 1.82) is 5.26 Å². The first-order valence-electron chi connectivity index (χ1n) is 5.66. The van der Waals surface area contributed by atoms with Crippen LogP contribution in [0.2, 0.25) is 0 Å². The average Bonchev–Trinajstić information content (AvgIpc) is 2.76. The number of nitro groups is 1. The lowest BCUT2D eigenvalue weighted by Crippen LogP contribution is -2.11. The van der Waals surface area contributed by atoms with Crippen LogP contribution in [0.4, 0.5) is 17.3 Å². The van der Waals surface area contributed by atoms with E-state index in [1.807, 2.05) is 6.07 Å². The molecule has 2 N–H and O–H groups in total. The molecule has 0 saturated carbocycles. The van der Waals surface area contributed by atoms with E-state index in [0.29, 0.717) is 11.5 Å². The van der Waals surface area contributed by atoms with E-state index in [1.54, 1.807) is 19.0 Å². The van der Waals surface area contributed by atoms with E-state index in [0.717, 1.165) is 0 Å². The van der Waals surface area contributed by atoms with Crippen LogP contribution < -0.4 is 10.6 Å². The number of hydrogen-bond donors (Lipinski definition) is 1. The molecule has 0 bridgehead atoms. The highest BCUT2D eigenvalue weighted by Crippen LogP contribution is 2.26. The van der Waals surface area contributed by atoms with Crippen molar-refractivity contribution in [2.45, 2.75) is 0 Å². The highest BCUT2D eigenvalue weighted by molar-refractivity contribution is 5.66. The summed E-state index contributed by atoms with van der Waals surface area (Å²) >= 11 is 0. The van der Waals surface area contributed by atoms with E-state index in [9.17, 15) is 10.1 Å². The molecule has 0 saturated heterocycles. The normalized spacial score (nSPS) is 10.1. The molecule has 0 amide bonds. The third kappa shape index (κ3) is 2.12. The highest BCUT2D eigenvalue weighted by atomic mass is 16.6. The van der Waals surface area contributed by atoms with Crippen LogP contribution in [0.15, 0.2) is 24.3 Å². The first-order valence-corrected chi connectivity index (χ1v) is 5.66. The van der Waals surface area contributed by atoms with Crippen molar-refractivity contribution in [2.75, 3.05) is 24.7 Å². The maximum atomic E-state index is 10.6. The van der Waals surface area contributed by atoms with Crippen LogP contribution in [-0.2, 0) is 0 Å². The lowest BCUT2D eigenvalue weighted by Gasteiger charge is -2.07. The quantitative estimate of drug-likeness (QED) is 0.665. The molecule has 102 valence electrons. The van der Waals surface area contributed by atoms with Gasteiger partial charge in [-0.3, -0.25) is 10.1 Å². The molecular weight excluding hydrogens is 260 g/mol. The third-order valence-electron chi connectivity index (χ3n) is 2.74. The van der Waals surface area contributed by atoms with Crippen LogP contribution >= 0.6 is 0 Å². The topological polar surface area (TPSA) is 114 Å². The standard InChI is InChI=1S/C12H12N6O2/c1-16(2)12-10(7-13)11(14)17(15-12)8-3-5-9(6-4-8)18(19)20/h3-6H,14H2,1-2H3. The van der Waals surface area contributed by atoms with E-state index in [1.165, 1.54) is 28.9 Å². The summed E-state index contributed by atoms with van der Waals surface area (Å²) in [5.41, 5.74) is 6.70. The molecule has 1 heterocycles. The lowest BCUT2D eigenvalue weighted by molar-refractivity contribution is -0.384. The number of anilines is 2. The zero-order valence-electron chi connectivity index (χ0n) is 10.9. The minimum absolute atomic E-state index is 0.0205. The van der Waals surface area contributed by atoms with Crippen molar-refractivity contribution in [3.63, 3.8) is 0 Å². The number of nitrogens with two attached hydrogens (primary N) is 1. The summed E-state index contributed by atoms with van der Waals surface area (Å²) in [7, 11) is 3.51. The van der Waals surface area contributed by atoms with Gasteiger partial charge in [-0.15, -0.1) is 5.10 Å². The van der Waals surface area contributed by atoms with Gasteiger partial charge < -0.3 is 10.6 Å². The Bertz CT molecular complexity index is 696. The SMILES string of the molecule is CN(C)c1nn(-c2ccc([N+](=O)[O-])cc2)c(N)c1C#N. The largest absolute Gasteiger partial charge is 0.382 e. The summed E-state index contributed by atoms with van der Waals surface area (Å²) in [6.07, 6.45) is 0. The Balaban J connectivity index is 2.53. The van der Waals surface area contributed by atoms with Crippen LogP contribution in [0.1, 0.15) is 5.56 Å². The average molecular weight is 272 g/mol. The van der Waals surface area contributed by atoms with E-state index in [-0.39, 0.29) is 17.1 Å². The zero-order chi connectivity index (χ0) is 14.9. The summed E-state index contributed by atoms with van der Waals surface area (Å²) in [6.45, 7) is 0. The molecule has 0 aliphatic rings. The Labute approximate surface area is 114 Å². The molecule has 20 heavy (non-hydrogen) atoms. The molecule has 0 unspecified atom stereocenters. The first kappa shape index (κ1) is 13.4. The summed E-state index contributed by atoms with van der Waals surface area (Å²) in [4.78, 5) is 11.8. The zero-order valence-corrected chi connectivity index (χ0v) is 10.9. The predicted molar refractivity (Wildman–Crippen MR) is 73.7 cm³/mol. The van der Waals surface area contributed by atoms with E-state index in [4.69, 9.17) is 11.0 Å². The number of hydrogen-bond acceptors (Lipinski definition) is 6. The summed E-state index contributed by atoms with van der Waals surface area (Å²) in [5.74, 6) is 0.647. The van der Waals surface area contributed by atoms with Crippen LogP contribution in [0, 0.1) is 21.4 Å². The molecule has 0 aliphatic carbocycles. The van der Waals surface area contributed by atoms with Gasteiger partial charge >= 0.3 is 0 Å². The Hall–Kier alpha value is -3.08. The molecule has 0 spiro atoms. The summed E-state index contributed by atoms with van der Waals surface area (Å²) < 4.78 is 1.39. The number of nitro benzene ring substituents is 1. The molecule has 0 aliphatic heterocycles. The second kappa shape index (κ2) is 4.89. The minimum atomic E-state index is -0.484. The number of aromatic nitrogens is 2. The number of non-ortho nitro benzene ring substituents is 1. The van der Waals surface area contributed by atoms with Gasteiger partial charge in [-0.25, -0.2) is 4.68 Å². The fraction of sp³-hybridized carbons (Fsp3) is 0.167. The van der Waals surface area contributed by atoms with Gasteiger partial charge in [0.2, 0.25) is 0 Å². The van der Waals surface area contributed by atoms with Crippen molar-refractivity contribution < 1.29 is 4.92 Å². The summed E-state index contributed by atoms with van der Waals surface area (Å²) in [6, 6.07) is 7.78. The van der Waals surface area contributed by atoms with Crippen molar-refractivity contribution in [2.24, 2.45) is 0 Å². The smallest absolute Gasteiger partial charge is 0.269 e. The van der Waals surface area contributed by atoms with Crippen LogP contribution in [-0.4, -0.2) is 28.8 Å². The molecular formula is C12H12N6O2. The van der Waals surface area contributed by atoms with Crippen molar-refractivity contribution in [3.05, 3.63) is 39.9 Å². The van der Waals surface area contributed by atoms with Crippen molar-refractivity contribution in [3.8, 4) is 11.8 Å². The second-order valence-corrected chi connectivity index (χ2v) is 4.28. The second-order valence-electron chi connectivity index (χ2n) is 4.28. The number of nitrogens with zero attached hydrogens (tertiary/aromatic N) is 5. The minimum Gasteiger partial charge on any atom is -0.382 e. The molecule has 1 aromatic carbocycles. The molecule has 2 rings (SSSR count). The van der Waals surface area contributed by atoms with E-state index >= 15 is 0 Å². The number of rotatable bonds is 3. The summed E-state index contributed by atoms with van der Waals surface area (Å²) in [5, 5.41) is 24.0. The number of nitrogen functional groups attached to an aromatic ring is 1. The Morgan fingerprint density at radius 2 is 2.00 bits per heavy atom. The fourth-order valence-corrected chi connectivity index (χ4v) is 1.75. The molecule has 1 aromatic heterocycles. The molecule has 0 fully saturated rings. The molecule has 8 heteroatoms. The molecule has 0 radical (unpaired) electrons. The van der Waals surface area contributed by atoms with E-state index in [2.05, 4.69) is 5.10 Å². The molecule has 8 nitrogen and oxygen atoms in total. The van der Waals surface area contributed by atoms with Crippen molar-refractivity contribution >= 4 is 17.3 Å². The van der Waals surface area contributed by atoms with Gasteiger partial charge in [-0.2, -0.15) is 5.26 Å². The molecule has 2 aromatic rings. The van der Waals surface area contributed by atoms with E-state index < -0.39 is 4.92 Å². The van der Waals surface area contributed by atoms with Crippen LogP contribution in [0.3, 0.4) is 0 Å². The number of benzene rings is 1. The maximum Gasteiger partial charge on any atom is 0.269 e. The Morgan fingerprint density at radius 3 is 2.40 bits per heavy atom. The first-order chi connectivity index (χ1) is 9.45. The van der Waals surface area contributed by atoms with Crippen LogP contribution in [0.25, 0.3) is 5.69 Å². The van der Waals surface area contributed by atoms with Gasteiger partial charge in [0.25, 0.3) is 5.69 Å². The Kier molecular flexibility index (Phi) is 3.27. The van der Waals surface area contributed by atoms with Gasteiger partial charge in [0.1, 0.15) is 17.5 Å². The molecule has 0 atom stereocenters. The van der Waals surface area contributed by atoms with Gasteiger partial charge in [0.15, 0.2) is 5.82 Å².